The summed E-state index contributed by atoms with van der Waals surface area (Å²) in [7, 11) is 0. The van der Waals surface area contributed by atoms with Gasteiger partial charge in [0.1, 0.15) is 5.75 Å². The summed E-state index contributed by atoms with van der Waals surface area (Å²) in [4.78, 5) is 11.6. The molecule has 1 aliphatic rings. The van der Waals surface area contributed by atoms with Gasteiger partial charge in [-0.3, -0.25) is 5.32 Å². The third kappa shape index (κ3) is 4.10. The molecular weight excluding hydrogens is 356 g/mol. The average Bonchev–Trinajstić information content (AvgIpc) is 2.42. The van der Waals surface area contributed by atoms with Crippen LogP contribution in [0.5, 0.6) is 5.75 Å². The first-order chi connectivity index (χ1) is 11.3. The lowest BCUT2D eigenvalue weighted by atomic mass is 9.84. The van der Waals surface area contributed by atoms with Crippen molar-refractivity contribution in [3.8, 4) is 5.75 Å². The van der Waals surface area contributed by atoms with E-state index < -0.39 is 42.0 Å². The van der Waals surface area contributed by atoms with Crippen molar-refractivity contribution in [2.45, 2.75) is 44.8 Å². The van der Waals surface area contributed by atoms with E-state index >= 15 is 0 Å². The van der Waals surface area contributed by atoms with Gasteiger partial charge in [-0.05, 0) is 30.5 Å². The molecule has 140 valence electrons. The summed E-state index contributed by atoms with van der Waals surface area (Å²) in [6.45, 7) is 3.36. The summed E-state index contributed by atoms with van der Waals surface area (Å²) >= 11 is 0. The predicted molar refractivity (Wildman–Crippen MR) is 75.0 cm³/mol. The van der Waals surface area contributed by atoms with Crippen LogP contribution in [-0.2, 0) is 10.3 Å². The normalized spacial score (nSPS) is 20.8. The van der Waals surface area contributed by atoms with Crippen LogP contribution in [0.2, 0.25) is 0 Å². The predicted octanol–water partition coefficient (Wildman–Crippen LogP) is 5.34. The lowest BCUT2D eigenvalue weighted by Crippen LogP contribution is -2.50. The van der Waals surface area contributed by atoms with E-state index in [-0.39, 0.29) is 18.0 Å². The molecule has 0 spiro atoms. The lowest BCUT2D eigenvalue weighted by molar-refractivity contribution is -0.275. The number of alkyl halides is 6. The summed E-state index contributed by atoms with van der Waals surface area (Å²) in [5.41, 5.74) is -3.94. The van der Waals surface area contributed by atoms with E-state index in [1.807, 2.05) is 0 Å². The van der Waals surface area contributed by atoms with Gasteiger partial charge in [0, 0.05) is 12.0 Å². The smallest absolute Gasteiger partial charge is 0.428 e. The minimum Gasteiger partial charge on any atom is -0.428 e. The van der Waals surface area contributed by atoms with Crippen LogP contribution in [-0.4, -0.2) is 18.6 Å². The van der Waals surface area contributed by atoms with Crippen molar-refractivity contribution in [3.05, 3.63) is 23.8 Å². The quantitative estimate of drug-likeness (QED) is 0.727. The highest BCUT2D eigenvalue weighted by Crippen LogP contribution is 2.51. The number of carbonyl (C=O) groups excluding carboxylic acids is 1. The van der Waals surface area contributed by atoms with E-state index in [1.165, 1.54) is 0 Å². The third-order valence-electron chi connectivity index (χ3n) is 3.70. The minimum absolute atomic E-state index is 0.0383. The fourth-order valence-electron chi connectivity index (χ4n) is 2.54. The molecule has 1 heterocycles. The molecule has 0 radical (unpaired) electrons. The Morgan fingerprint density at radius 2 is 1.84 bits per heavy atom. The zero-order valence-electron chi connectivity index (χ0n) is 13.2. The molecule has 0 saturated heterocycles. The first-order valence-corrected chi connectivity index (χ1v) is 7.31. The molecule has 0 aliphatic carbocycles. The van der Waals surface area contributed by atoms with Gasteiger partial charge in [-0.15, -0.1) is 13.2 Å². The van der Waals surface area contributed by atoms with Gasteiger partial charge in [0.25, 0.3) is 0 Å². The second-order valence-electron chi connectivity index (χ2n) is 6.03. The monoisotopic (exact) mass is 371 g/mol. The molecule has 1 aromatic carbocycles. The molecule has 10 heteroatoms. The molecule has 1 aliphatic heterocycles. The molecule has 0 bridgehead atoms. The van der Waals surface area contributed by atoms with E-state index in [1.54, 1.807) is 13.8 Å². The highest BCUT2D eigenvalue weighted by Gasteiger charge is 2.61. The van der Waals surface area contributed by atoms with Crippen molar-refractivity contribution >= 4 is 11.8 Å². The number of nitrogens with one attached hydrogen (secondary N) is 1. The Kier molecular flexibility index (Phi) is 4.84. The molecular formula is C15H15F6NO3. The summed E-state index contributed by atoms with van der Waals surface area (Å²) in [6, 6.07) is 2.34. The van der Waals surface area contributed by atoms with E-state index in [9.17, 15) is 31.1 Å². The first kappa shape index (κ1) is 19.2. The Morgan fingerprint density at radius 3 is 2.36 bits per heavy atom. The molecule has 1 unspecified atom stereocenters. The number of carbonyl (C=O) groups is 1. The van der Waals surface area contributed by atoms with Crippen LogP contribution in [0.4, 0.5) is 36.8 Å². The van der Waals surface area contributed by atoms with Gasteiger partial charge >= 0.3 is 18.6 Å². The first-order valence-electron chi connectivity index (χ1n) is 7.31. The zero-order valence-corrected chi connectivity index (χ0v) is 13.2. The Bertz CT molecular complexity index is 656. The van der Waals surface area contributed by atoms with Gasteiger partial charge in [-0.25, -0.2) is 4.79 Å². The van der Waals surface area contributed by atoms with Gasteiger partial charge in [0.05, 0.1) is 5.69 Å². The van der Waals surface area contributed by atoms with Gasteiger partial charge in [0.15, 0.2) is 0 Å². The minimum atomic E-state index is -5.06. The van der Waals surface area contributed by atoms with E-state index in [0.717, 1.165) is 12.1 Å². The molecule has 1 amide bonds. The summed E-state index contributed by atoms with van der Waals surface area (Å²) in [5, 5.41) is 2.07. The topological polar surface area (TPSA) is 47.6 Å². The maximum atomic E-state index is 13.8. The average molecular weight is 371 g/mol. The molecule has 1 atom stereocenters. The number of benzene rings is 1. The van der Waals surface area contributed by atoms with Crippen LogP contribution in [0, 0.1) is 5.92 Å². The third-order valence-corrected chi connectivity index (χ3v) is 3.70. The van der Waals surface area contributed by atoms with Crippen molar-refractivity contribution in [1.82, 2.24) is 0 Å². The number of halogens is 6. The number of rotatable bonds is 4. The van der Waals surface area contributed by atoms with E-state index in [0.29, 0.717) is 6.07 Å². The zero-order chi connectivity index (χ0) is 19.0. The summed E-state index contributed by atoms with van der Waals surface area (Å²) < 4.78 is 86.8. The number of ether oxygens (including phenoxy) is 2. The Morgan fingerprint density at radius 1 is 1.20 bits per heavy atom. The fourth-order valence-corrected chi connectivity index (χ4v) is 2.54. The SMILES string of the molecule is CC(C)CCC1(C(F)(F)F)OC(=O)Nc2ccc(OC(F)(F)F)cc21. The highest BCUT2D eigenvalue weighted by molar-refractivity contribution is 5.89. The molecule has 25 heavy (non-hydrogen) atoms. The molecule has 4 nitrogen and oxygen atoms in total. The number of anilines is 1. The van der Waals surface area contributed by atoms with Crippen LogP contribution in [0.1, 0.15) is 32.3 Å². The van der Waals surface area contributed by atoms with Crippen molar-refractivity contribution in [1.29, 1.82) is 0 Å². The Labute approximate surface area is 139 Å². The number of hydrogen-bond acceptors (Lipinski definition) is 3. The van der Waals surface area contributed by atoms with Crippen LogP contribution in [0.25, 0.3) is 0 Å². The molecule has 0 fully saturated rings. The van der Waals surface area contributed by atoms with Crippen LogP contribution >= 0.6 is 0 Å². The number of amides is 1. The molecule has 0 aromatic heterocycles. The largest absolute Gasteiger partial charge is 0.573 e. The lowest BCUT2D eigenvalue weighted by Gasteiger charge is -2.40. The van der Waals surface area contributed by atoms with Crippen molar-refractivity contribution in [2.75, 3.05) is 5.32 Å². The summed E-state index contributed by atoms with van der Waals surface area (Å²) in [5.74, 6) is -0.977. The number of fused-ring (bicyclic) bond motifs is 1. The van der Waals surface area contributed by atoms with Gasteiger partial charge in [-0.2, -0.15) is 13.2 Å². The van der Waals surface area contributed by atoms with Crippen LogP contribution in [0.15, 0.2) is 18.2 Å². The summed E-state index contributed by atoms with van der Waals surface area (Å²) in [6.07, 6.45) is -12.0. The number of hydrogen-bond donors (Lipinski definition) is 1. The Hall–Kier alpha value is -2.13. The highest BCUT2D eigenvalue weighted by atomic mass is 19.4. The van der Waals surface area contributed by atoms with E-state index in [4.69, 9.17) is 0 Å². The Balaban J connectivity index is 2.57. The van der Waals surface area contributed by atoms with Crippen molar-refractivity contribution < 1.29 is 40.6 Å². The standard InChI is InChI=1S/C15H15F6NO3/c1-8(2)5-6-13(14(16,17)18)10-7-9(24-15(19,20)21)3-4-11(10)22-12(23)25-13/h3-4,7-8H,5-6H2,1-2H3,(H,22,23). The van der Waals surface area contributed by atoms with Gasteiger partial charge in [-0.1, -0.05) is 13.8 Å². The number of cyclic esters (lactones) is 1. The maximum Gasteiger partial charge on any atom is 0.573 e. The second-order valence-corrected chi connectivity index (χ2v) is 6.03. The van der Waals surface area contributed by atoms with E-state index in [2.05, 4.69) is 14.8 Å². The van der Waals surface area contributed by atoms with Gasteiger partial charge < -0.3 is 9.47 Å². The van der Waals surface area contributed by atoms with Crippen LogP contribution in [0.3, 0.4) is 0 Å². The molecule has 1 aromatic rings. The van der Waals surface area contributed by atoms with Gasteiger partial charge in [0.2, 0.25) is 5.60 Å². The maximum absolute atomic E-state index is 13.8. The molecule has 2 rings (SSSR count). The van der Waals surface area contributed by atoms with Crippen molar-refractivity contribution in [2.24, 2.45) is 5.92 Å². The van der Waals surface area contributed by atoms with Crippen LogP contribution < -0.4 is 10.1 Å². The molecule has 0 saturated carbocycles. The fraction of sp³-hybridized carbons (Fsp3) is 0.533. The molecule has 1 N–H and O–H groups in total. The second kappa shape index (κ2) is 6.30. The van der Waals surface area contributed by atoms with Crippen molar-refractivity contribution in [3.63, 3.8) is 0 Å².